The molecule has 0 saturated carbocycles. The third kappa shape index (κ3) is 3.26. The van der Waals surface area contributed by atoms with Gasteiger partial charge in [-0.3, -0.25) is 4.79 Å². The van der Waals surface area contributed by atoms with Crippen molar-refractivity contribution in [3.8, 4) is 5.75 Å². The highest BCUT2D eigenvalue weighted by atomic mass is 19.1. The Bertz CT molecular complexity index is 627. The van der Waals surface area contributed by atoms with Gasteiger partial charge in [0.05, 0.1) is 11.5 Å². The lowest BCUT2D eigenvalue weighted by atomic mass is 9.78. The summed E-state index contributed by atoms with van der Waals surface area (Å²) in [5, 5.41) is 3.13. The Hall–Kier alpha value is -1.66. The molecular formula is C18H25FN2O3. The number of halogens is 1. The number of fused-ring (bicyclic) bond motifs is 1. The number of hydrogen-bond donors (Lipinski definition) is 2. The van der Waals surface area contributed by atoms with Crippen molar-refractivity contribution in [1.29, 1.82) is 0 Å². The molecule has 0 spiro atoms. The number of amides is 1. The van der Waals surface area contributed by atoms with Crippen LogP contribution in [0.3, 0.4) is 0 Å². The fourth-order valence-corrected chi connectivity index (χ4v) is 3.55. The van der Waals surface area contributed by atoms with Crippen LogP contribution in [0.1, 0.15) is 44.7 Å². The van der Waals surface area contributed by atoms with Crippen LogP contribution in [0.5, 0.6) is 5.75 Å². The zero-order chi connectivity index (χ0) is 17.4. The van der Waals surface area contributed by atoms with E-state index in [4.69, 9.17) is 15.2 Å². The van der Waals surface area contributed by atoms with Gasteiger partial charge in [0.25, 0.3) is 0 Å². The third-order valence-electron chi connectivity index (χ3n) is 5.06. The van der Waals surface area contributed by atoms with Gasteiger partial charge in [0.1, 0.15) is 17.2 Å². The molecule has 0 aliphatic carbocycles. The van der Waals surface area contributed by atoms with E-state index in [2.05, 4.69) is 5.32 Å². The van der Waals surface area contributed by atoms with E-state index in [9.17, 15) is 9.18 Å². The van der Waals surface area contributed by atoms with Crippen molar-refractivity contribution < 1.29 is 18.7 Å². The quantitative estimate of drug-likeness (QED) is 0.888. The standard InChI is InChI=1S/C18H25FN2O3/c1-17(2)10-14(13-4-3-12(19)9-15(13)24-17)21-16(22)18(11-20)5-7-23-8-6-18/h3-4,9,14H,5-8,10-11,20H2,1-2H3,(H,21,22). The zero-order valence-electron chi connectivity index (χ0n) is 14.2. The Morgan fingerprint density at radius 2 is 2.08 bits per heavy atom. The summed E-state index contributed by atoms with van der Waals surface area (Å²) in [6, 6.07) is 4.24. The highest BCUT2D eigenvalue weighted by Crippen LogP contribution is 2.41. The van der Waals surface area contributed by atoms with Crippen molar-refractivity contribution in [1.82, 2.24) is 5.32 Å². The van der Waals surface area contributed by atoms with Crippen LogP contribution in [0.2, 0.25) is 0 Å². The van der Waals surface area contributed by atoms with Crippen LogP contribution in [0.15, 0.2) is 18.2 Å². The second-order valence-electron chi connectivity index (χ2n) is 7.37. The van der Waals surface area contributed by atoms with Crippen molar-refractivity contribution >= 4 is 5.91 Å². The summed E-state index contributed by atoms with van der Waals surface area (Å²) in [5.74, 6) is 0.0935. The number of carbonyl (C=O) groups is 1. The molecule has 1 atom stereocenters. The highest BCUT2D eigenvalue weighted by Gasteiger charge is 2.42. The van der Waals surface area contributed by atoms with Gasteiger partial charge in [0, 0.05) is 37.8 Å². The molecule has 5 nitrogen and oxygen atoms in total. The van der Waals surface area contributed by atoms with Gasteiger partial charge in [-0.05, 0) is 32.8 Å². The molecule has 1 amide bonds. The minimum atomic E-state index is -0.582. The number of rotatable bonds is 3. The van der Waals surface area contributed by atoms with E-state index in [1.54, 1.807) is 6.07 Å². The third-order valence-corrected chi connectivity index (χ3v) is 5.06. The Morgan fingerprint density at radius 3 is 2.75 bits per heavy atom. The SMILES string of the molecule is CC1(C)CC(NC(=O)C2(CN)CCOCC2)c2ccc(F)cc2O1. The molecule has 2 aliphatic heterocycles. The topological polar surface area (TPSA) is 73.6 Å². The first kappa shape index (κ1) is 17.2. The minimum Gasteiger partial charge on any atom is -0.487 e. The highest BCUT2D eigenvalue weighted by molar-refractivity contribution is 5.83. The molecule has 1 aromatic carbocycles. The first-order valence-electron chi connectivity index (χ1n) is 8.42. The predicted molar refractivity (Wildman–Crippen MR) is 88.1 cm³/mol. The fourth-order valence-electron chi connectivity index (χ4n) is 3.55. The number of carbonyl (C=O) groups excluding carboxylic acids is 1. The largest absolute Gasteiger partial charge is 0.487 e. The second-order valence-corrected chi connectivity index (χ2v) is 7.37. The van der Waals surface area contributed by atoms with Gasteiger partial charge in [0.2, 0.25) is 5.91 Å². The zero-order valence-corrected chi connectivity index (χ0v) is 14.2. The molecule has 1 saturated heterocycles. The van der Waals surface area contributed by atoms with Crippen LogP contribution in [-0.2, 0) is 9.53 Å². The molecule has 1 aromatic rings. The number of ether oxygens (including phenoxy) is 2. The van der Waals surface area contributed by atoms with Crippen LogP contribution >= 0.6 is 0 Å². The second kappa shape index (κ2) is 6.33. The van der Waals surface area contributed by atoms with Gasteiger partial charge in [-0.2, -0.15) is 0 Å². The molecule has 1 fully saturated rings. The number of nitrogens with two attached hydrogens (primary N) is 1. The molecular weight excluding hydrogens is 311 g/mol. The summed E-state index contributed by atoms with van der Waals surface area (Å²) in [4.78, 5) is 12.9. The maximum Gasteiger partial charge on any atom is 0.228 e. The maximum absolute atomic E-state index is 13.5. The smallest absolute Gasteiger partial charge is 0.228 e. The summed E-state index contributed by atoms with van der Waals surface area (Å²) < 4.78 is 24.8. The molecule has 1 unspecified atom stereocenters. The molecule has 24 heavy (non-hydrogen) atoms. The molecule has 2 aliphatic rings. The maximum atomic E-state index is 13.5. The molecule has 0 bridgehead atoms. The van der Waals surface area contributed by atoms with E-state index in [1.807, 2.05) is 13.8 Å². The van der Waals surface area contributed by atoms with E-state index in [-0.39, 0.29) is 17.8 Å². The average molecular weight is 336 g/mol. The molecule has 0 aromatic heterocycles. The lowest BCUT2D eigenvalue weighted by Gasteiger charge is -2.40. The fraction of sp³-hybridized carbons (Fsp3) is 0.611. The van der Waals surface area contributed by atoms with Crippen LogP contribution in [0, 0.1) is 11.2 Å². The van der Waals surface area contributed by atoms with Gasteiger partial charge in [0.15, 0.2) is 0 Å². The lowest BCUT2D eigenvalue weighted by Crippen LogP contribution is -2.51. The molecule has 2 heterocycles. The van der Waals surface area contributed by atoms with Crippen molar-refractivity contribution in [3.05, 3.63) is 29.6 Å². The van der Waals surface area contributed by atoms with Crippen LogP contribution < -0.4 is 15.8 Å². The van der Waals surface area contributed by atoms with Crippen LogP contribution in [0.4, 0.5) is 4.39 Å². The lowest BCUT2D eigenvalue weighted by molar-refractivity contribution is -0.137. The van der Waals surface area contributed by atoms with Gasteiger partial charge < -0.3 is 20.5 Å². The van der Waals surface area contributed by atoms with Crippen LogP contribution in [-0.4, -0.2) is 31.3 Å². The summed E-state index contributed by atoms with van der Waals surface area (Å²) in [7, 11) is 0. The number of nitrogens with one attached hydrogen (secondary N) is 1. The Balaban J connectivity index is 1.85. The van der Waals surface area contributed by atoms with E-state index >= 15 is 0 Å². The summed E-state index contributed by atoms with van der Waals surface area (Å²) in [6.07, 6.45) is 1.87. The van der Waals surface area contributed by atoms with Gasteiger partial charge in [-0.15, -0.1) is 0 Å². The van der Waals surface area contributed by atoms with Crippen molar-refractivity contribution in [2.75, 3.05) is 19.8 Å². The van der Waals surface area contributed by atoms with E-state index < -0.39 is 11.0 Å². The van der Waals surface area contributed by atoms with Crippen molar-refractivity contribution in [3.63, 3.8) is 0 Å². The first-order chi connectivity index (χ1) is 11.4. The monoisotopic (exact) mass is 336 g/mol. The molecule has 3 rings (SSSR count). The predicted octanol–water partition coefficient (Wildman–Crippen LogP) is 2.30. The molecule has 3 N–H and O–H groups in total. The average Bonchev–Trinajstić information content (AvgIpc) is 2.53. The van der Waals surface area contributed by atoms with Gasteiger partial charge in [-0.25, -0.2) is 4.39 Å². The van der Waals surface area contributed by atoms with E-state index in [1.165, 1.54) is 12.1 Å². The van der Waals surface area contributed by atoms with Gasteiger partial charge in [-0.1, -0.05) is 6.07 Å². The molecule has 0 radical (unpaired) electrons. The Kier molecular flexibility index (Phi) is 4.53. The molecule has 132 valence electrons. The van der Waals surface area contributed by atoms with E-state index in [0.717, 1.165) is 5.56 Å². The summed E-state index contributed by atoms with van der Waals surface area (Å²) >= 11 is 0. The molecule has 6 heteroatoms. The Morgan fingerprint density at radius 1 is 1.38 bits per heavy atom. The van der Waals surface area contributed by atoms with Crippen molar-refractivity contribution in [2.45, 2.75) is 44.8 Å². The van der Waals surface area contributed by atoms with Crippen molar-refractivity contribution in [2.24, 2.45) is 11.1 Å². The van der Waals surface area contributed by atoms with Gasteiger partial charge >= 0.3 is 0 Å². The number of benzene rings is 1. The number of hydrogen-bond acceptors (Lipinski definition) is 4. The minimum absolute atomic E-state index is 0.0497. The normalized spacial score (nSPS) is 24.6. The Labute approximate surface area is 141 Å². The summed E-state index contributed by atoms with van der Waals surface area (Å²) in [5.41, 5.74) is 5.67. The summed E-state index contributed by atoms with van der Waals surface area (Å²) in [6.45, 7) is 5.27. The first-order valence-corrected chi connectivity index (χ1v) is 8.42. The van der Waals surface area contributed by atoms with E-state index in [0.29, 0.717) is 44.8 Å². The van der Waals surface area contributed by atoms with Crippen LogP contribution in [0.25, 0.3) is 0 Å².